The maximum Gasteiger partial charge on any atom is 0.279 e. The summed E-state index contributed by atoms with van der Waals surface area (Å²) in [4.78, 5) is 38.6. The van der Waals surface area contributed by atoms with Crippen molar-refractivity contribution in [3.05, 3.63) is 29.3 Å². The molecule has 7 heteroatoms. The Labute approximate surface area is 162 Å². The van der Waals surface area contributed by atoms with Crippen molar-refractivity contribution in [3.8, 4) is 0 Å². The number of quaternary nitrogens is 1. The first-order chi connectivity index (χ1) is 12.4. The van der Waals surface area contributed by atoms with Crippen LogP contribution < -0.4 is 15.5 Å². The number of anilines is 1. The summed E-state index contributed by atoms with van der Waals surface area (Å²) < 4.78 is 0. The first kappa shape index (κ1) is 22.6. The van der Waals surface area contributed by atoms with Crippen LogP contribution in [-0.4, -0.2) is 61.9 Å². The van der Waals surface area contributed by atoms with Crippen LogP contribution in [0, 0.1) is 13.8 Å². The summed E-state index contributed by atoms with van der Waals surface area (Å²) in [5, 5.41) is 5.72. The van der Waals surface area contributed by atoms with Gasteiger partial charge in [0.1, 0.15) is 0 Å². The number of carbonyl (C=O) groups is 3. The normalized spacial score (nSPS) is 12.3. The molecule has 0 aliphatic carbocycles. The van der Waals surface area contributed by atoms with Gasteiger partial charge in [-0.1, -0.05) is 12.1 Å². The smallest absolute Gasteiger partial charge is 0.279 e. The van der Waals surface area contributed by atoms with Gasteiger partial charge in [0.25, 0.3) is 11.8 Å². The molecule has 0 saturated carbocycles. The molecule has 7 nitrogen and oxygen atoms in total. The molecule has 1 atom stereocenters. The maximum absolute atomic E-state index is 12.3. The molecule has 0 saturated heterocycles. The number of nitrogens with zero attached hydrogens (tertiary/aromatic N) is 1. The van der Waals surface area contributed by atoms with Gasteiger partial charge in [-0.3, -0.25) is 14.4 Å². The summed E-state index contributed by atoms with van der Waals surface area (Å²) in [5.74, 6) is -0.540. The number of nitrogens with one attached hydrogen (secondary N) is 3. The molecule has 1 aromatic rings. The average molecular weight is 378 g/mol. The molecular weight excluding hydrogens is 344 g/mol. The lowest BCUT2D eigenvalue weighted by molar-refractivity contribution is -0.862. The molecule has 0 spiro atoms. The van der Waals surface area contributed by atoms with Gasteiger partial charge in [-0.15, -0.1) is 0 Å². The van der Waals surface area contributed by atoms with Gasteiger partial charge in [-0.05, 0) is 51.8 Å². The number of hydrogen-bond acceptors (Lipinski definition) is 3. The van der Waals surface area contributed by atoms with Crippen LogP contribution in [0.1, 0.15) is 31.9 Å². The highest BCUT2D eigenvalue weighted by molar-refractivity contribution is 5.92. The zero-order valence-corrected chi connectivity index (χ0v) is 17.5. The molecule has 0 radical (unpaired) electrons. The lowest BCUT2D eigenvalue weighted by atomic mass is 10.1. The number of amides is 3. The fraction of sp³-hybridized carbons (Fsp3) is 0.550. The highest BCUT2D eigenvalue weighted by atomic mass is 16.2. The molecule has 0 heterocycles. The first-order valence-electron chi connectivity index (χ1n) is 9.11. The Morgan fingerprint density at radius 1 is 1.07 bits per heavy atom. The second-order valence-corrected chi connectivity index (χ2v) is 8.15. The fourth-order valence-electron chi connectivity index (χ4n) is 2.57. The summed E-state index contributed by atoms with van der Waals surface area (Å²) in [6, 6.07) is 5.75. The van der Waals surface area contributed by atoms with Crippen molar-refractivity contribution in [1.82, 2.24) is 10.2 Å². The van der Waals surface area contributed by atoms with Crippen molar-refractivity contribution >= 4 is 23.4 Å². The minimum Gasteiger partial charge on any atom is -0.350 e. The number of carbonyl (C=O) groups excluding carboxylic acids is 3. The minimum atomic E-state index is -0.338. The standard InChI is InChI=1S/C20H32N4O3/c1-14-9-8-10-16(15(14)2)21-17(25)11-23(6)13-19(27)24(7)12-18(26)22-20(3,4)5/h8-10H,11-13H2,1-7H3,(H,21,25)(H,22,26)/p+1. The lowest BCUT2D eigenvalue weighted by Gasteiger charge is -2.24. The van der Waals surface area contributed by atoms with Crippen LogP contribution in [0.15, 0.2) is 18.2 Å². The third-order valence-electron chi connectivity index (χ3n) is 4.12. The molecular formula is C20H33N4O3+. The fourth-order valence-corrected chi connectivity index (χ4v) is 2.57. The van der Waals surface area contributed by atoms with Gasteiger partial charge in [0.05, 0.1) is 13.6 Å². The lowest BCUT2D eigenvalue weighted by Crippen LogP contribution is -3.11. The SMILES string of the molecule is Cc1cccc(NC(=O)C[NH+](C)CC(=O)N(C)CC(=O)NC(C)(C)C)c1C. The van der Waals surface area contributed by atoms with E-state index in [1.54, 1.807) is 14.1 Å². The largest absolute Gasteiger partial charge is 0.350 e. The van der Waals surface area contributed by atoms with Gasteiger partial charge >= 0.3 is 0 Å². The van der Waals surface area contributed by atoms with Crippen molar-refractivity contribution in [3.63, 3.8) is 0 Å². The van der Waals surface area contributed by atoms with E-state index in [2.05, 4.69) is 10.6 Å². The van der Waals surface area contributed by atoms with Gasteiger partial charge < -0.3 is 20.4 Å². The predicted molar refractivity (Wildman–Crippen MR) is 107 cm³/mol. The van der Waals surface area contributed by atoms with Crippen LogP contribution >= 0.6 is 0 Å². The maximum atomic E-state index is 12.3. The van der Waals surface area contributed by atoms with Crippen molar-refractivity contribution in [2.75, 3.05) is 39.0 Å². The average Bonchev–Trinajstić information content (AvgIpc) is 2.49. The molecule has 0 aliphatic rings. The molecule has 150 valence electrons. The Kier molecular flexibility index (Phi) is 7.97. The molecule has 0 bridgehead atoms. The third kappa shape index (κ3) is 8.21. The summed E-state index contributed by atoms with van der Waals surface area (Å²) in [7, 11) is 3.37. The van der Waals surface area contributed by atoms with Crippen LogP contribution in [0.3, 0.4) is 0 Å². The minimum absolute atomic E-state index is 0.00192. The van der Waals surface area contributed by atoms with E-state index < -0.39 is 0 Å². The summed E-state index contributed by atoms with van der Waals surface area (Å²) >= 11 is 0. The van der Waals surface area contributed by atoms with Crippen molar-refractivity contribution in [2.45, 2.75) is 40.2 Å². The molecule has 0 aromatic heterocycles. The Bertz CT molecular complexity index is 695. The number of rotatable bonds is 7. The quantitative estimate of drug-likeness (QED) is 0.632. The molecule has 1 rings (SSSR count). The van der Waals surface area contributed by atoms with Crippen LogP contribution in [0.4, 0.5) is 5.69 Å². The number of benzene rings is 1. The van der Waals surface area contributed by atoms with E-state index in [-0.39, 0.29) is 42.9 Å². The van der Waals surface area contributed by atoms with Gasteiger partial charge in [0.15, 0.2) is 13.1 Å². The van der Waals surface area contributed by atoms with E-state index in [0.29, 0.717) is 0 Å². The Hall–Kier alpha value is -2.41. The second kappa shape index (κ2) is 9.50. The van der Waals surface area contributed by atoms with Crippen LogP contribution in [0.2, 0.25) is 0 Å². The molecule has 3 amide bonds. The van der Waals surface area contributed by atoms with Gasteiger partial charge in [-0.25, -0.2) is 0 Å². The Morgan fingerprint density at radius 2 is 1.70 bits per heavy atom. The van der Waals surface area contributed by atoms with Gasteiger partial charge in [0, 0.05) is 18.3 Å². The molecule has 27 heavy (non-hydrogen) atoms. The van der Waals surface area contributed by atoms with E-state index in [0.717, 1.165) is 21.7 Å². The van der Waals surface area contributed by atoms with E-state index in [1.807, 2.05) is 52.8 Å². The van der Waals surface area contributed by atoms with Gasteiger partial charge in [0.2, 0.25) is 5.91 Å². The predicted octanol–water partition coefficient (Wildman–Crippen LogP) is 0.130. The molecule has 3 N–H and O–H groups in total. The summed E-state index contributed by atoms with van der Waals surface area (Å²) in [5.41, 5.74) is 2.59. The summed E-state index contributed by atoms with van der Waals surface area (Å²) in [6.45, 7) is 9.92. The van der Waals surface area contributed by atoms with E-state index in [9.17, 15) is 14.4 Å². The third-order valence-corrected chi connectivity index (χ3v) is 4.12. The van der Waals surface area contributed by atoms with Crippen LogP contribution in [0.25, 0.3) is 0 Å². The molecule has 0 fully saturated rings. The summed E-state index contributed by atoms with van der Waals surface area (Å²) in [6.07, 6.45) is 0. The number of likely N-dealkylation sites (N-methyl/N-ethyl adjacent to an activating group) is 2. The van der Waals surface area contributed by atoms with Crippen LogP contribution in [0.5, 0.6) is 0 Å². The van der Waals surface area contributed by atoms with Gasteiger partial charge in [-0.2, -0.15) is 0 Å². The van der Waals surface area contributed by atoms with Crippen LogP contribution in [-0.2, 0) is 14.4 Å². The van der Waals surface area contributed by atoms with E-state index >= 15 is 0 Å². The number of hydrogen-bond donors (Lipinski definition) is 3. The van der Waals surface area contributed by atoms with E-state index in [1.165, 1.54) is 4.90 Å². The second-order valence-electron chi connectivity index (χ2n) is 8.15. The van der Waals surface area contributed by atoms with Crippen molar-refractivity contribution in [1.29, 1.82) is 0 Å². The molecule has 0 aliphatic heterocycles. The topological polar surface area (TPSA) is 83.0 Å². The van der Waals surface area contributed by atoms with Crippen molar-refractivity contribution < 1.29 is 19.3 Å². The Morgan fingerprint density at radius 3 is 2.30 bits per heavy atom. The Balaban J connectivity index is 2.49. The zero-order valence-electron chi connectivity index (χ0n) is 17.5. The highest BCUT2D eigenvalue weighted by Crippen LogP contribution is 2.17. The molecule has 1 unspecified atom stereocenters. The first-order valence-corrected chi connectivity index (χ1v) is 9.11. The van der Waals surface area contributed by atoms with E-state index in [4.69, 9.17) is 0 Å². The highest BCUT2D eigenvalue weighted by Gasteiger charge is 2.21. The molecule has 1 aromatic carbocycles. The monoisotopic (exact) mass is 377 g/mol. The number of aryl methyl sites for hydroxylation is 1. The van der Waals surface area contributed by atoms with Crippen molar-refractivity contribution in [2.24, 2.45) is 0 Å². The zero-order chi connectivity index (χ0) is 20.8.